The molecule has 8 heteroatoms. The third-order valence-electron chi connectivity index (χ3n) is 3.88. The molecule has 0 aliphatic carbocycles. The molecule has 0 saturated carbocycles. The van der Waals surface area contributed by atoms with Crippen LogP contribution < -0.4 is 5.32 Å². The van der Waals surface area contributed by atoms with Gasteiger partial charge in [0.2, 0.25) is 11.8 Å². The normalized spacial score (nSPS) is 23.1. The summed E-state index contributed by atoms with van der Waals surface area (Å²) in [4.78, 5) is 28.0. The molecule has 0 radical (unpaired) electrons. The highest BCUT2D eigenvalue weighted by molar-refractivity contribution is 5.99. The fourth-order valence-electron chi connectivity index (χ4n) is 2.56. The lowest BCUT2D eigenvalue weighted by molar-refractivity contribution is -0.156. The van der Waals surface area contributed by atoms with Gasteiger partial charge in [-0.3, -0.25) is 9.59 Å². The number of carbonyl (C=O) groups is 2. The first kappa shape index (κ1) is 15.4. The van der Waals surface area contributed by atoms with E-state index in [0.29, 0.717) is 5.82 Å². The van der Waals surface area contributed by atoms with Crippen LogP contribution in [0.1, 0.15) is 39.9 Å². The maximum atomic E-state index is 12.7. The van der Waals surface area contributed by atoms with E-state index in [0.717, 1.165) is 6.42 Å². The monoisotopic (exact) mass is 294 g/mol. The Morgan fingerprint density at radius 2 is 2.05 bits per heavy atom. The highest BCUT2D eigenvalue weighted by Gasteiger charge is 2.47. The number of carbonyl (C=O) groups excluding carboxylic acids is 2. The molecule has 0 spiro atoms. The second-order valence-electron chi connectivity index (χ2n) is 6.07. The van der Waals surface area contributed by atoms with E-state index in [1.54, 1.807) is 25.8 Å². The zero-order valence-electron chi connectivity index (χ0n) is 13.1. The predicted molar refractivity (Wildman–Crippen MR) is 74.8 cm³/mol. The van der Waals surface area contributed by atoms with Gasteiger partial charge in [0.25, 0.3) is 0 Å². The van der Waals surface area contributed by atoms with Crippen LogP contribution in [0.15, 0.2) is 0 Å². The van der Waals surface area contributed by atoms with Gasteiger partial charge >= 0.3 is 0 Å². The topological polar surface area (TPSA) is 93.0 Å². The number of rotatable bonds is 4. The van der Waals surface area contributed by atoms with E-state index in [9.17, 15) is 9.59 Å². The van der Waals surface area contributed by atoms with Gasteiger partial charge in [0.15, 0.2) is 5.82 Å². The Morgan fingerprint density at radius 1 is 1.38 bits per heavy atom. The number of tetrazole rings is 1. The first-order valence-corrected chi connectivity index (χ1v) is 7.12. The number of hydrogen-bond donors (Lipinski definition) is 1. The average molecular weight is 294 g/mol. The fourth-order valence-corrected chi connectivity index (χ4v) is 2.56. The fraction of sp³-hybridized carbons (Fsp3) is 0.769. The Kier molecular flexibility index (Phi) is 3.97. The molecule has 21 heavy (non-hydrogen) atoms. The van der Waals surface area contributed by atoms with Crippen LogP contribution in [0.2, 0.25) is 0 Å². The van der Waals surface area contributed by atoms with Crippen molar-refractivity contribution >= 4 is 11.8 Å². The number of nitrogens with one attached hydrogen (secondary N) is 1. The number of nitrogens with zero attached hydrogens (tertiary/aromatic N) is 5. The number of aryl methyl sites for hydroxylation is 1. The van der Waals surface area contributed by atoms with Crippen molar-refractivity contribution in [2.45, 2.75) is 52.2 Å². The molecule has 1 aliphatic rings. The van der Waals surface area contributed by atoms with Crippen LogP contribution in [-0.4, -0.2) is 48.5 Å². The predicted octanol–water partition coefficient (Wildman–Crippen LogP) is -0.138. The van der Waals surface area contributed by atoms with Gasteiger partial charge in [-0.2, -0.15) is 4.80 Å². The Balaban J connectivity index is 2.33. The molecular weight excluding hydrogens is 272 g/mol. The summed E-state index contributed by atoms with van der Waals surface area (Å²) in [7, 11) is 1.66. The van der Waals surface area contributed by atoms with Crippen LogP contribution in [0.4, 0.5) is 0 Å². The third kappa shape index (κ3) is 2.88. The van der Waals surface area contributed by atoms with E-state index < -0.39 is 11.6 Å². The second-order valence-corrected chi connectivity index (χ2v) is 6.07. The van der Waals surface area contributed by atoms with E-state index in [1.165, 1.54) is 4.80 Å². The average Bonchev–Trinajstić information content (AvgIpc) is 2.80. The van der Waals surface area contributed by atoms with Crippen molar-refractivity contribution in [3.05, 3.63) is 5.82 Å². The molecule has 1 saturated heterocycles. The Hall–Kier alpha value is -1.99. The second kappa shape index (κ2) is 5.42. The maximum Gasteiger partial charge on any atom is 0.248 e. The molecule has 116 valence electrons. The third-order valence-corrected chi connectivity index (χ3v) is 3.88. The van der Waals surface area contributed by atoms with Gasteiger partial charge in [-0.1, -0.05) is 20.3 Å². The van der Waals surface area contributed by atoms with E-state index in [2.05, 4.69) is 20.7 Å². The lowest BCUT2D eigenvalue weighted by Crippen LogP contribution is -2.69. The van der Waals surface area contributed by atoms with Crippen LogP contribution in [0, 0.1) is 5.92 Å². The van der Waals surface area contributed by atoms with Gasteiger partial charge in [0, 0.05) is 0 Å². The van der Waals surface area contributed by atoms with Crippen molar-refractivity contribution in [1.29, 1.82) is 0 Å². The molecule has 1 aromatic rings. The largest absolute Gasteiger partial charge is 0.340 e. The molecule has 0 bridgehead atoms. The van der Waals surface area contributed by atoms with Gasteiger partial charge in [-0.15, -0.1) is 10.2 Å². The molecule has 0 aromatic carbocycles. The quantitative estimate of drug-likeness (QED) is 0.834. The van der Waals surface area contributed by atoms with E-state index in [-0.39, 0.29) is 24.3 Å². The minimum atomic E-state index is -0.913. The zero-order chi connectivity index (χ0) is 15.8. The first-order chi connectivity index (χ1) is 9.76. The van der Waals surface area contributed by atoms with Crippen molar-refractivity contribution in [2.75, 3.05) is 0 Å². The number of piperazine rings is 1. The number of hydrogen-bond acceptors (Lipinski definition) is 5. The smallest absolute Gasteiger partial charge is 0.248 e. The first-order valence-electron chi connectivity index (χ1n) is 7.12. The Morgan fingerprint density at radius 3 is 2.57 bits per heavy atom. The molecule has 2 atom stereocenters. The molecule has 2 rings (SSSR count). The van der Waals surface area contributed by atoms with Crippen molar-refractivity contribution < 1.29 is 9.59 Å². The SMILES string of the molecule is CCC(C)C1C(=O)NC(C)(C)C(=O)N1Cc1nnn(C)n1. The summed E-state index contributed by atoms with van der Waals surface area (Å²) in [6, 6.07) is -0.501. The van der Waals surface area contributed by atoms with Crippen LogP contribution in [0.3, 0.4) is 0 Å². The van der Waals surface area contributed by atoms with Gasteiger partial charge in [-0.05, 0) is 25.0 Å². The lowest BCUT2D eigenvalue weighted by Gasteiger charge is -2.44. The molecular formula is C13H22N6O2. The summed E-state index contributed by atoms with van der Waals surface area (Å²) >= 11 is 0. The summed E-state index contributed by atoms with van der Waals surface area (Å²) in [6.45, 7) is 7.57. The summed E-state index contributed by atoms with van der Waals surface area (Å²) in [6.07, 6.45) is 0.802. The lowest BCUT2D eigenvalue weighted by atomic mass is 9.89. The molecule has 2 unspecified atom stereocenters. The Labute approximate surface area is 123 Å². The molecule has 2 amide bonds. The van der Waals surface area contributed by atoms with Gasteiger partial charge < -0.3 is 10.2 Å². The van der Waals surface area contributed by atoms with Gasteiger partial charge in [-0.25, -0.2) is 0 Å². The van der Waals surface area contributed by atoms with E-state index >= 15 is 0 Å². The van der Waals surface area contributed by atoms with Gasteiger partial charge in [0.05, 0.1) is 13.6 Å². The van der Waals surface area contributed by atoms with Crippen LogP contribution >= 0.6 is 0 Å². The summed E-state index contributed by atoms with van der Waals surface area (Å²) < 4.78 is 0. The molecule has 1 fully saturated rings. The van der Waals surface area contributed by atoms with Crippen molar-refractivity contribution in [3.63, 3.8) is 0 Å². The minimum Gasteiger partial charge on any atom is -0.340 e. The molecule has 1 aromatic heterocycles. The standard InChI is InChI=1S/C13H22N6O2/c1-6-8(2)10-11(20)14-13(3,4)12(21)19(10)7-9-15-17-18(5)16-9/h8,10H,6-7H2,1-5H3,(H,14,20). The van der Waals surface area contributed by atoms with E-state index in [1.807, 2.05) is 13.8 Å². The summed E-state index contributed by atoms with van der Waals surface area (Å²) in [5, 5.41) is 14.6. The number of aromatic nitrogens is 4. The highest BCUT2D eigenvalue weighted by atomic mass is 16.2. The number of amides is 2. The maximum absolute atomic E-state index is 12.7. The van der Waals surface area contributed by atoms with Crippen molar-refractivity contribution in [2.24, 2.45) is 13.0 Å². The summed E-state index contributed by atoms with van der Waals surface area (Å²) in [5.74, 6) is 0.240. The minimum absolute atomic E-state index is 0.0571. The summed E-state index contributed by atoms with van der Waals surface area (Å²) in [5.41, 5.74) is -0.913. The highest BCUT2D eigenvalue weighted by Crippen LogP contribution is 2.25. The Bertz CT molecular complexity index is 553. The van der Waals surface area contributed by atoms with Crippen LogP contribution in [0.25, 0.3) is 0 Å². The van der Waals surface area contributed by atoms with Crippen molar-refractivity contribution in [3.8, 4) is 0 Å². The molecule has 8 nitrogen and oxygen atoms in total. The molecule has 2 heterocycles. The van der Waals surface area contributed by atoms with Crippen molar-refractivity contribution in [1.82, 2.24) is 30.4 Å². The van der Waals surface area contributed by atoms with Crippen LogP contribution in [-0.2, 0) is 23.2 Å². The van der Waals surface area contributed by atoms with Gasteiger partial charge in [0.1, 0.15) is 11.6 Å². The van der Waals surface area contributed by atoms with Crippen LogP contribution in [0.5, 0.6) is 0 Å². The molecule has 1 aliphatic heterocycles. The molecule has 1 N–H and O–H groups in total. The van der Waals surface area contributed by atoms with E-state index in [4.69, 9.17) is 0 Å². The zero-order valence-corrected chi connectivity index (χ0v) is 13.1.